The number of pyridine rings is 4. The molecule has 12 aromatic carbocycles. The molecule has 18 aromatic rings. The standard InChI is InChI=1S/C92H62N8/c1-4-18-77(19-5-1)97(78-20-6-2-7-21-78)80-40-31-63(32-41-80)69-49-73(59-93-55-69)74-50-70(56-94-60-74)64-33-42-81(43-34-64)98(79-22-8-3-9-23-79)84-24-16-17-67(53-84)68-39-48-88-87-27-12-15-30-91(87)100(92(88)54-68)83-46-37-66(38-47-83)72-52-76(62-96-58-72)75-51-71(57-95-61-75)65-35-44-82(45-36-65)99-89-28-13-10-25-85(89)86-26-11-14-29-90(86)99/h1-62H. The van der Waals surface area contributed by atoms with Crippen LogP contribution in [-0.2, 0) is 0 Å². The molecule has 0 bridgehead atoms. The predicted molar refractivity (Wildman–Crippen MR) is 414 cm³/mol. The zero-order chi connectivity index (χ0) is 66.3. The van der Waals surface area contributed by atoms with Gasteiger partial charge in [-0.05, 0) is 179 Å². The Morgan fingerprint density at radius 1 is 0.170 bits per heavy atom. The average molecular weight is 1280 g/mol. The van der Waals surface area contributed by atoms with Crippen LogP contribution in [0.25, 0.3) is 133 Å². The monoisotopic (exact) mass is 1280 g/mol. The van der Waals surface area contributed by atoms with E-state index < -0.39 is 0 Å². The van der Waals surface area contributed by atoms with Gasteiger partial charge >= 0.3 is 0 Å². The third-order valence-corrected chi connectivity index (χ3v) is 19.2. The number of benzene rings is 12. The van der Waals surface area contributed by atoms with E-state index in [9.17, 15) is 0 Å². The van der Waals surface area contributed by atoms with Crippen molar-refractivity contribution in [3.05, 3.63) is 377 Å². The van der Waals surface area contributed by atoms with Crippen LogP contribution in [0.2, 0.25) is 0 Å². The maximum absolute atomic E-state index is 4.78. The van der Waals surface area contributed by atoms with Gasteiger partial charge in [-0.3, -0.25) is 19.9 Å². The molecule has 0 radical (unpaired) electrons. The molecule has 0 atom stereocenters. The molecule has 0 amide bonds. The van der Waals surface area contributed by atoms with Crippen LogP contribution in [0.3, 0.4) is 0 Å². The summed E-state index contributed by atoms with van der Waals surface area (Å²) in [6.45, 7) is 0. The minimum Gasteiger partial charge on any atom is -0.311 e. The lowest BCUT2D eigenvalue weighted by Gasteiger charge is -2.26. The fraction of sp³-hybridized carbons (Fsp3) is 0. The lowest BCUT2D eigenvalue weighted by Crippen LogP contribution is -2.09. The van der Waals surface area contributed by atoms with Crippen LogP contribution >= 0.6 is 0 Å². The van der Waals surface area contributed by atoms with Crippen molar-refractivity contribution in [2.24, 2.45) is 0 Å². The zero-order valence-electron chi connectivity index (χ0n) is 54.4. The number of nitrogens with zero attached hydrogens (tertiary/aromatic N) is 8. The molecular formula is C92H62N8. The highest BCUT2D eigenvalue weighted by Gasteiger charge is 2.20. The van der Waals surface area contributed by atoms with Crippen molar-refractivity contribution in [3.8, 4) is 89.3 Å². The van der Waals surface area contributed by atoms with Crippen LogP contribution in [0.4, 0.5) is 34.1 Å². The molecule has 470 valence electrons. The Labute approximate surface area is 579 Å². The van der Waals surface area contributed by atoms with Crippen LogP contribution in [-0.4, -0.2) is 29.1 Å². The van der Waals surface area contributed by atoms with Crippen LogP contribution in [0.1, 0.15) is 0 Å². The number of hydrogen-bond acceptors (Lipinski definition) is 6. The van der Waals surface area contributed by atoms with Gasteiger partial charge < -0.3 is 18.9 Å². The van der Waals surface area contributed by atoms with Crippen molar-refractivity contribution < 1.29 is 0 Å². The minimum atomic E-state index is 0.994. The Bertz CT molecular complexity index is 5920. The largest absolute Gasteiger partial charge is 0.311 e. The summed E-state index contributed by atoms with van der Waals surface area (Å²) in [5, 5.41) is 4.90. The zero-order valence-corrected chi connectivity index (χ0v) is 54.4. The summed E-state index contributed by atoms with van der Waals surface area (Å²) in [4.78, 5) is 23.6. The molecule has 8 heteroatoms. The molecule has 0 saturated heterocycles. The Balaban J connectivity index is 0.603. The molecule has 0 aliphatic carbocycles. The normalized spacial score (nSPS) is 11.4. The topological polar surface area (TPSA) is 67.9 Å². The minimum absolute atomic E-state index is 0.994. The van der Waals surface area contributed by atoms with Gasteiger partial charge in [-0.2, -0.15) is 0 Å². The van der Waals surface area contributed by atoms with Gasteiger partial charge in [0.1, 0.15) is 0 Å². The van der Waals surface area contributed by atoms with E-state index in [1.807, 2.05) is 61.7 Å². The maximum Gasteiger partial charge on any atom is 0.0547 e. The molecule has 0 aliphatic rings. The molecule has 6 aromatic heterocycles. The highest BCUT2D eigenvalue weighted by Crippen LogP contribution is 2.42. The Hall–Kier alpha value is -13.6. The number of rotatable bonds is 15. The SMILES string of the molecule is c1ccc(N(c2ccccc2)c2ccc(-c3cncc(-c4cncc(-c5ccc(N(c6ccccc6)c6cccc(-c7ccc8c9ccccc9n(-c9ccc(-c%10cncc(-c%11cncc(-c%12ccc(-n%13c%14ccccc%14c%14ccccc%14%13)cc%12)c%11)c%10)cc9)c8c7)c6)cc5)c4)c3)cc2)cc1. The smallest absolute Gasteiger partial charge is 0.0547 e. The highest BCUT2D eigenvalue weighted by molar-refractivity contribution is 6.11. The lowest BCUT2D eigenvalue weighted by molar-refractivity contribution is 1.18. The third-order valence-electron chi connectivity index (χ3n) is 19.2. The Kier molecular flexibility index (Phi) is 15.1. The summed E-state index contributed by atoms with van der Waals surface area (Å²) in [7, 11) is 0. The molecule has 100 heavy (non-hydrogen) atoms. The van der Waals surface area contributed by atoms with Gasteiger partial charge in [-0.1, -0.05) is 182 Å². The molecule has 0 unspecified atom stereocenters. The maximum atomic E-state index is 4.78. The third kappa shape index (κ3) is 11.1. The summed E-state index contributed by atoms with van der Waals surface area (Å²) in [6.07, 6.45) is 15.5. The van der Waals surface area contributed by atoms with E-state index in [-0.39, 0.29) is 0 Å². The van der Waals surface area contributed by atoms with E-state index >= 15 is 0 Å². The van der Waals surface area contributed by atoms with E-state index in [4.69, 9.17) is 19.9 Å². The summed E-state index contributed by atoms with van der Waals surface area (Å²) in [5.74, 6) is 0. The summed E-state index contributed by atoms with van der Waals surface area (Å²) >= 11 is 0. The molecule has 18 rings (SSSR count). The first kappa shape index (κ1) is 59.0. The highest BCUT2D eigenvalue weighted by atomic mass is 15.1. The van der Waals surface area contributed by atoms with Crippen molar-refractivity contribution in [2.75, 3.05) is 9.80 Å². The van der Waals surface area contributed by atoms with Gasteiger partial charge in [0.15, 0.2) is 0 Å². The Morgan fingerprint density at radius 2 is 0.440 bits per heavy atom. The van der Waals surface area contributed by atoms with Crippen molar-refractivity contribution in [2.45, 2.75) is 0 Å². The van der Waals surface area contributed by atoms with Crippen LogP contribution < -0.4 is 9.80 Å². The number of aromatic nitrogens is 6. The van der Waals surface area contributed by atoms with Crippen LogP contribution in [0, 0.1) is 0 Å². The van der Waals surface area contributed by atoms with E-state index in [0.29, 0.717) is 0 Å². The van der Waals surface area contributed by atoms with Crippen molar-refractivity contribution in [1.29, 1.82) is 0 Å². The van der Waals surface area contributed by atoms with Crippen molar-refractivity contribution in [1.82, 2.24) is 29.1 Å². The van der Waals surface area contributed by atoms with Gasteiger partial charge in [-0.15, -0.1) is 0 Å². The van der Waals surface area contributed by atoms with Crippen molar-refractivity contribution in [3.63, 3.8) is 0 Å². The van der Waals surface area contributed by atoms with Gasteiger partial charge in [0.25, 0.3) is 0 Å². The number of anilines is 6. The molecule has 0 saturated carbocycles. The molecule has 0 N–H and O–H groups in total. The first-order valence-electron chi connectivity index (χ1n) is 33.7. The van der Waals surface area contributed by atoms with E-state index in [1.165, 1.54) is 32.6 Å². The second-order valence-corrected chi connectivity index (χ2v) is 25.2. The van der Waals surface area contributed by atoms with Gasteiger partial charge in [-0.25, -0.2) is 0 Å². The lowest BCUT2D eigenvalue weighted by atomic mass is 9.99. The van der Waals surface area contributed by atoms with E-state index in [0.717, 1.165) is 134 Å². The molecule has 0 aliphatic heterocycles. The predicted octanol–water partition coefficient (Wildman–Crippen LogP) is 24.1. The van der Waals surface area contributed by atoms with Crippen LogP contribution in [0.5, 0.6) is 0 Å². The average Bonchev–Trinajstić information content (AvgIpc) is 1.60. The molecule has 0 fully saturated rings. The van der Waals surface area contributed by atoms with Gasteiger partial charge in [0.05, 0.1) is 22.1 Å². The molecule has 0 spiro atoms. The second kappa shape index (κ2) is 25.5. The first-order chi connectivity index (χ1) is 49.6. The number of hydrogen-bond donors (Lipinski definition) is 0. The van der Waals surface area contributed by atoms with Crippen molar-refractivity contribution >= 4 is 77.7 Å². The first-order valence-corrected chi connectivity index (χ1v) is 33.7. The summed E-state index contributed by atoms with van der Waals surface area (Å²) in [5.41, 5.74) is 28.0. The molecule has 8 nitrogen and oxygen atoms in total. The summed E-state index contributed by atoms with van der Waals surface area (Å²) < 4.78 is 4.74. The molecular weight excluding hydrogens is 1220 g/mol. The Morgan fingerprint density at radius 3 is 0.820 bits per heavy atom. The fourth-order valence-corrected chi connectivity index (χ4v) is 14.3. The number of fused-ring (bicyclic) bond motifs is 6. The quantitative estimate of drug-likeness (QED) is 0.102. The number of para-hydroxylation sites is 6. The fourth-order valence-electron chi connectivity index (χ4n) is 14.3. The van der Waals surface area contributed by atoms with Gasteiger partial charge in [0, 0.05) is 161 Å². The summed E-state index contributed by atoms with van der Waals surface area (Å²) in [6, 6.07) is 117. The van der Waals surface area contributed by atoms with Crippen LogP contribution in [0.15, 0.2) is 377 Å². The van der Waals surface area contributed by atoms with E-state index in [1.54, 1.807) is 0 Å². The molecule has 6 heterocycles. The van der Waals surface area contributed by atoms with E-state index in [2.05, 4.69) is 334 Å². The van der Waals surface area contributed by atoms with Gasteiger partial charge in [0.2, 0.25) is 0 Å². The second-order valence-electron chi connectivity index (χ2n) is 25.2.